The van der Waals surface area contributed by atoms with Crippen LogP contribution in [0.25, 0.3) is 0 Å². The molecule has 1 fully saturated rings. The van der Waals surface area contributed by atoms with Crippen molar-refractivity contribution >= 4 is 0 Å². The highest BCUT2D eigenvalue weighted by molar-refractivity contribution is 5.15. The van der Waals surface area contributed by atoms with Crippen molar-refractivity contribution in [3.8, 4) is 0 Å². The molecule has 0 bridgehead atoms. The fourth-order valence-corrected chi connectivity index (χ4v) is 1.41. The molecule has 3 heteroatoms. The molecule has 1 atom stereocenters. The quantitative estimate of drug-likeness (QED) is 0.627. The fraction of sp³-hybridized carbons (Fsp3) is 0.667. The molecule has 2 heterocycles. The molecule has 0 spiro atoms. The van der Waals surface area contributed by atoms with E-state index in [-0.39, 0.29) is 0 Å². The van der Waals surface area contributed by atoms with Crippen LogP contribution in [0.4, 0.5) is 0 Å². The molecule has 1 aliphatic rings. The van der Waals surface area contributed by atoms with E-state index >= 15 is 0 Å². The van der Waals surface area contributed by atoms with Gasteiger partial charge in [0.2, 0.25) is 0 Å². The number of rotatable bonds is 2. The first-order chi connectivity index (χ1) is 5.68. The molecule has 3 nitrogen and oxygen atoms in total. The molecule has 1 saturated heterocycles. The Hall–Kier alpha value is -0.830. The number of ether oxygens (including phenoxy) is 1. The zero-order valence-corrected chi connectivity index (χ0v) is 7.74. The zero-order chi connectivity index (χ0) is 8.72. The monoisotopic (exact) mass is 166 g/mol. The van der Waals surface area contributed by atoms with Gasteiger partial charge in [-0.05, 0) is 26.8 Å². The van der Waals surface area contributed by atoms with E-state index in [1.807, 2.05) is 11.6 Å². The minimum absolute atomic E-state index is 0.314. The Morgan fingerprint density at radius 3 is 2.83 bits per heavy atom. The molecule has 12 heavy (non-hydrogen) atoms. The average Bonchev–Trinajstić information content (AvgIpc) is 2.75. The van der Waals surface area contributed by atoms with Crippen LogP contribution in [0.2, 0.25) is 0 Å². The van der Waals surface area contributed by atoms with Gasteiger partial charge >= 0.3 is 0 Å². The molecule has 0 N–H and O–H groups in total. The third-order valence-electron chi connectivity index (χ3n) is 2.04. The second-order valence-corrected chi connectivity index (χ2v) is 3.57. The van der Waals surface area contributed by atoms with Crippen LogP contribution in [-0.4, -0.2) is 16.4 Å². The van der Waals surface area contributed by atoms with Crippen LogP contribution in [0.3, 0.4) is 0 Å². The topological polar surface area (TPSA) is 30.4 Å². The lowest BCUT2D eigenvalue weighted by Gasteiger charge is -2.08. The summed E-state index contributed by atoms with van der Waals surface area (Å²) >= 11 is 0. The van der Waals surface area contributed by atoms with E-state index in [4.69, 9.17) is 4.74 Å². The molecule has 0 amide bonds. The molecule has 1 aromatic rings. The molecular weight excluding hydrogens is 152 g/mol. The third-order valence-corrected chi connectivity index (χ3v) is 2.04. The highest BCUT2D eigenvalue weighted by Gasteiger charge is 2.29. The van der Waals surface area contributed by atoms with Crippen LogP contribution in [-0.2, 0) is 4.74 Å². The van der Waals surface area contributed by atoms with Crippen molar-refractivity contribution in [2.24, 2.45) is 0 Å². The van der Waals surface area contributed by atoms with E-state index in [0.717, 1.165) is 12.3 Å². The Bertz CT molecular complexity index is 267. The van der Waals surface area contributed by atoms with Crippen molar-refractivity contribution in [2.45, 2.75) is 32.9 Å². The Morgan fingerprint density at radius 1 is 1.67 bits per heavy atom. The molecule has 0 aliphatic carbocycles. The summed E-state index contributed by atoms with van der Waals surface area (Å²) in [6.45, 7) is 7.15. The second kappa shape index (κ2) is 2.59. The van der Waals surface area contributed by atoms with Crippen LogP contribution < -0.4 is 0 Å². The van der Waals surface area contributed by atoms with Crippen LogP contribution in [0.15, 0.2) is 6.07 Å². The van der Waals surface area contributed by atoms with E-state index in [1.165, 1.54) is 5.69 Å². The minimum Gasteiger partial charge on any atom is -0.366 e. The van der Waals surface area contributed by atoms with Gasteiger partial charge in [0, 0.05) is 6.04 Å². The first-order valence-corrected chi connectivity index (χ1v) is 4.36. The Morgan fingerprint density at radius 2 is 2.33 bits per heavy atom. The number of aromatic nitrogens is 2. The van der Waals surface area contributed by atoms with Crippen molar-refractivity contribution < 1.29 is 4.74 Å². The second-order valence-electron chi connectivity index (χ2n) is 3.57. The fourth-order valence-electron chi connectivity index (χ4n) is 1.41. The van der Waals surface area contributed by atoms with Gasteiger partial charge in [-0.15, -0.1) is 0 Å². The lowest BCUT2D eigenvalue weighted by Crippen LogP contribution is -2.06. The van der Waals surface area contributed by atoms with Gasteiger partial charge in [-0.2, -0.15) is 5.10 Å². The SMILES string of the molecule is Cc1cc([C@@H]2CO2)n(C(C)C)n1. The van der Waals surface area contributed by atoms with Gasteiger partial charge in [0.25, 0.3) is 0 Å². The van der Waals surface area contributed by atoms with Gasteiger partial charge in [-0.25, -0.2) is 0 Å². The zero-order valence-electron chi connectivity index (χ0n) is 7.74. The highest BCUT2D eigenvalue weighted by atomic mass is 16.6. The summed E-state index contributed by atoms with van der Waals surface area (Å²) in [7, 11) is 0. The number of aryl methyl sites for hydroxylation is 1. The van der Waals surface area contributed by atoms with Gasteiger partial charge in [0.15, 0.2) is 0 Å². The summed E-state index contributed by atoms with van der Waals surface area (Å²) in [6.07, 6.45) is 0.314. The van der Waals surface area contributed by atoms with Gasteiger partial charge < -0.3 is 4.74 Å². The maximum absolute atomic E-state index is 5.24. The van der Waals surface area contributed by atoms with Gasteiger partial charge in [0.05, 0.1) is 18.0 Å². The average molecular weight is 166 g/mol. The first kappa shape index (κ1) is 7.80. The van der Waals surface area contributed by atoms with Gasteiger partial charge in [-0.3, -0.25) is 4.68 Å². The third kappa shape index (κ3) is 1.25. The van der Waals surface area contributed by atoms with Crippen LogP contribution >= 0.6 is 0 Å². The molecule has 0 aromatic carbocycles. The predicted octanol–water partition coefficient (Wildman–Crippen LogP) is 1.84. The van der Waals surface area contributed by atoms with Crippen LogP contribution in [0.1, 0.15) is 37.4 Å². The summed E-state index contributed by atoms with van der Waals surface area (Å²) in [4.78, 5) is 0. The lowest BCUT2D eigenvalue weighted by atomic mass is 10.3. The number of hydrogen-bond donors (Lipinski definition) is 0. The maximum atomic E-state index is 5.24. The smallest absolute Gasteiger partial charge is 0.123 e. The van der Waals surface area contributed by atoms with Gasteiger partial charge in [0.1, 0.15) is 6.10 Å². The van der Waals surface area contributed by atoms with Crippen LogP contribution in [0.5, 0.6) is 0 Å². The molecular formula is C9H14N2O. The summed E-state index contributed by atoms with van der Waals surface area (Å²) in [5.74, 6) is 0. The van der Waals surface area contributed by atoms with Crippen molar-refractivity contribution in [1.82, 2.24) is 9.78 Å². The van der Waals surface area contributed by atoms with E-state index < -0.39 is 0 Å². The lowest BCUT2D eigenvalue weighted by molar-refractivity contribution is 0.390. The summed E-state index contributed by atoms with van der Waals surface area (Å²) in [6, 6.07) is 2.54. The van der Waals surface area contributed by atoms with E-state index in [2.05, 4.69) is 25.0 Å². The summed E-state index contributed by atoms with van der Waals surface area (Å²) in [5, 5.41) is 4.41. The number of hydrogen-bond acceptors (Lipinski definition) is 2. The van der Waals surface area contributed by atoms with Crippen molar-refractivity contribution in [1.29, 1.82) is 0 Å². The Balaban J connectivity index is 2.36. The maximum Gasteiger partial charge on any atom is 0.123 e. The summed E-state index contributed by atoms with van der Waals surface area (Å²) in [5.41, 5.74) is 2.30. The normalized spacial score (nSPS) is 21.8. The van der Waals surface area contributed by atoms with E-state index in [9.17, 15) is 0 Å². The molecule has 1 aromatic heterocycles. The number of epoxide rings is 1. The molecule has 0 saturated carbocycles. The minimum atomic E-state index is 0.314. The molecule has 66 valence electrons. The van der Waals surface area contributed by atoms with Crippen LogP contribution in [0, 0.1) is 6.92 Å². The van der Waals surface area contributed by atoms with Crippen molar-refractivity contribution in [3.05, 3.63) is 17.5 Å². The standard InChI is InChI=1S/C9H14N2O/c1-6(2)11-8(9-5-12-9)4-7(3)10-11/h4,6,9H,5H2,1-3H3/t9-/m0/s1. The first-order valence-electron chi connectivity index (χ1n) is 4.36. The molecule has 0 unspecified atom stereocenters. The molecule has 0 radical (unpaired) electrons. The van der Waals surface area contributed by atoms with Gasteiger partial charge in [-0.1, -0.05) is 0 Å². The molecule has 2 rings (SSSR count). The summed E-state index contributed by atoms with van der Waals surface area (Å²) < 4.78 is 7.29. The molecule has 1 aliphatic heterocycles. The Kier molecular flexibility index (Phi) is 1.68. The predicted molar refractivity (Wildman–Crippen MR) is 46.0 cm³/mol. The van der Waals surface area contributed by atoms with Crippen molar-refractivity contribution in [3.63, 3.8) is 0 Å². The van der Waals surface area contributed by atoms with E-state index in [0.29, 0.717) is 12.1 Å². The largest absolute Gasteiger partial charge is 0.366 e. The highest BCUT2D eigenvalue weighted by Crippen LogP contribution is 2.31. The van der Waals surface area contributed by atoms with Crippen molar-refractivity contribution in [2.75, 3.05) is 6.61 Å². The van der Waals surface area contributed by atoms with E-state index in [1.54, 1.807) is 0 Å². The Labute approximate surface area is 72.3 Å². The number of nitrogens with zero attached hydrogens (tertiary/aromatic N) is 2.